The molecule has 0 fully saturated rings. The van der Waals surface area contributed by atoms with Crippen molar-refractivity contribution in [3.05, 3.63) is 29.3 Å². The SMILES string of the molecule is CC(C)C(C(=O)O)C(=O)N(C)c1ccc(Cl)cc1. The number of carboxylic acid groups (broad SMARTS) is 1. The molecule has 1 N–H and O–H groups in total. The van der Waals surface area contributed by atoms with E-state index in [0.29, 0.717) is 10.7 Å². The van der Waals surface area contributed by atoms with Gasteiger partial charge >= 0.3 is 5.97 Å². The van der Waals surface area contributed by atoms with Gasteiger partial charge < -0.3 is 10.0 Å². The first-order chi connectivity index (χ1) is 8.34. The molecule has 1 atom stereocenters. The Morgan fingerprint density at radius 2 is 1.72 bits per heavy atom. The molecule has 0 heterocycles. The molecule has 1 aromatic carbocycles. The highest BCUT2D eigenvalue weighted by Gasteiger charge is 2.32. The van der Waals surface area contributed by atoms with Crippen molar-refractivity contribution in [3.63, 3.8) is 0 Å². The van der Waals surface area contributed by atoms with Gasteiger partial charge in [-0.25, -0.2) is 0 Å². The Morgan fingerprint density at radius 1 is 1.22 bits per heavy atom. The van der Waals surface area contributed by atoms with Crippen LogP contribution in [-0.4, -0.2) is 24.0 Å². The lowest BCUT2D eigenvalue weighted by Gasteiger charge is -2.23. The van der Waals surface area contributed by atoms with Gasteiger partial charge in [-0.15, -0.1) is 0 Å². The standard InChI is InChI=1S/C13H16ClNO3/c1-8(2)11(13(17)18)12(16)15(3)10-6-4-9(14)5-7-10/h4-8,11H,1-3H3,(H,17,18). The molecule has 0 radical (unpaired) electrons. The first-order valence-corrected chi connectivity index (χ1v) is 5.98. The van der Waals surface area contributed by atoms with Crippen molar-refractivity contribution in [2.75, 3.05) is 11.9 Å². The summed E-state index contributed by atoms with van der Waals surface area (Å²) in [6, 6.07) is 6.68. The summed E-state index contributed by atoms with van der Waals surface area (Å²) >= 11 is 5.76. The first kappa shape index (κ1) is 14.5. The van der Waals surface area contributed by atoms with E-state index in [1.807, 2.05) is 0 Å². The van der Waals surface area contributed by atoms with E-state index < -0.39 is 17.8 Å². The van der Waals surface area contributed by atoms with Crippen LogP contribution in [0.25, 0.3) is 0 Å². The van der Waals surface area contributed by atoms with Crippen LogP contribution in [0, 0.1) is 11.8 Å². The smallest absolute Gasteiger partial charge is 0.316 e. The summed E-state index contributed by atoms with van der Waals surface area (Å²) in [4.78, 5) is 24.6. The third-order valence-electron chi connectivity index (χ3n) is 2.74. The summed E-state index contributed by atoms with van der Waals surface area (Å²) in [5.41, 5.74) is 0.622. The van der Waals surface area contributed by atoms with Crippen molar-refractivity contribution >= 4 is 29.2 Å². The number of anilines is 1. The van der Waals surface area contributed by atoms with E-state index >= 15 is 0 Å². The van der Waals surface area contributed by atoms with Gasteiger partial charge in [-0.1, -0.05) is 25.4 Å². The number of aliphatic carboxylic acids is 1. The highest BCUT2D eigenvalue weighted by Crippen LogP contribution is 2.21. The molecule has 0 saturated heterocycles. The monoisotopic (exact) mass is 269 g/mol. The molecule has 1 rings (SSSR count). The second-order valence-electron chi connectivity index (χ2n) is 4.43. The van der Waals surface area contributed by atoms with Gasteiger partial charge in [0, 0.05) is 17.8 Å². The lowest BCUT2D eigenvalue weighted by atomic mass is 9.94. The van der Waals surface area contributed by atoms with Crippen LogP contribution < -0.4 is 4.90 Å². The van der Waals surface area contributed by atoms with E-state index in [0.717, 1.165) is 0 Å². The molecule has 4 nitrogen and oxygen atoms in total. The van der Waals surface area contributed by atoms with E-state index in [1.54, 1.807) is 45.2 Å². The van der Waals surface area contributed by atoms with E-state index in [1.165, 1.54) is 4.90 Å². The van der Waals surface area contributed by atoms with Crippen LogP contribution in [0.1, 0.15) is 13.8 Å². The fourth-order valence-corrected chi connectivity index (χ4v) is 1.80. The number of amides is 1. The number of benzene rings is 1. The molecule has 0 aliphatic carbocycles. The maximum Gasteiger partial charge on any atom is 0.316 e. The van der Waals surface area contributed by atoms with E-state index in [9.17, 15) is 9.59 Å². The molecule has 98 valence electrons. The zero-order chi connectivity index (χ0) is 13.9. The van der Waals surface area contributed by atoms with Crippen molar-refractivity contribution in [3.8, 4) is 0 Å². The molecular weight excluding hydrogens is 254 g/mol. The van der Waals surface area contributed by atoms with Gasteiger partial charge in [-0.05, 0) is 30.2 Å². The summed E-state index contributed by atoms with van der Waals surface area (Å²) < 4.78 is 0. The predicted octanol–water partition coefficient (Wildman–Crippen LogP) is 2.66. The summed E-state index contributed by atoms with van der Waals surface area (Å²) in [6.07, 6.45) is 0. The van der Waals surface area contributed by atoms with Crippen LogP contribution in [0.2, 0.25) is 5.02 Å². The Morgan fingerprint density at radius 3 is 2.11 bits per heavy atom. The molecule has 0 aromatic heterocycles. The number of hydrogen-bond acceptors (Lipinski definition) is 2. The number of halogens is 1. The molecule has 0 spiro atoms. The van der Waals surface area contributed by atoms with Crippen LogP contribution in [0.5, 0.6) is 0 Å². The van der Waals surface area contributed by atoms with Gasteiger partial charge in [-0.3, -0.25) is 9.59 Å². The molecular formula is C13H16ClNO3. The average Bonchev–Trinajstić information content (AvgIpc) is 2.28. The fourth-order valence-electron chi connectivity index (χ4n) is 1.68. The van der Waals surface area contributed by atoms with E-state index in [4.69, 9.17) is 16.7 Å². The largest absolute Gasteiger partial charge is 0.481 e. The normalized spacial score (nSPS) is 12.3. The van der Waals surface area contributed by atoms with Crippen LogP contribution in [0.4, 0.5) is 5.69 Å². The molecule has 1 unspecified atom stereocenters. The number of carbonyl (C=O) groups is 2. The van der Waals surface area contributed by atoms with Crippen molar-refractivity contribution in [1.82, 2.24) is 0 Å². The zero-order valence-corrected chi connectivity index (χ0v) is 11.3. The van der Waals surface area contributed by atoms with Gasteiger partial charge in [0.25, 0.3) is 0 Å². The molecule has 5 heteroatoms. The molecule has 0 aliphatic rings. The summed E-state index contributed by atoms with van der Waals surface area (Å²) in [7, 11) is 1.56. The number of carboxylic acids is 1. The summed E-state index contributed by atoms with van der Waals surface area (Å²) in [6.45, 7) is 3.43. The van der Waals surface area contributed by atoms with Crippen LogP contribution in [-0.2, 0) is 9.59 Å². The van der Waals surface area contributed by atoms with Crippen molar-refractivity contribution in [2.45, 2.75) is 13.8 Å². The number of nitrogens with zero attached hydrogens (tertiary/aromatic N) is 1. The van der Waals surface area contributed by atoms with Crippen LogP contribution in [0.15, 0.2) is 24.3 Å². The van der Waals surface area contributed by atoms with E-state index in [2.05, 4.69) is 0 Å². The number of rotatable bonds is 4. The lowest BCUT2D eigenvalue weighted by molar-refractivity contribution is -0.147. The fraction of sp³-hybridized carbons (Fsp3) is 0.385. The van der Waals surface area contributed by atoms with Crippen LogP contribution >= 0.6 is 11.6 Å². The molecule has 1 aromatic rings. The zero-order valence-electron chi connectivity index (χ0n) is 10.6. The first-order valence-electron chi connectivity index (χ1n) is 5.60. The lowest BCUT2D eigenvalue weighted by Crippen LogP contribution is -2.39. The molecule has 0 bridgehead atoms. The number of carbonyl (C=O) groups excluding carboxylic acids is 1. The molecule has 1 amide bonds. The number of hydrogen-bond donors (Lipinski definition) is 1. The van der Waals surface area contributed by atoms with Gasteiger partial charge in [0.05, 0.1) is 0 Å². The second-order valence-corrected chi connectivity index (χ2v) is 4.87. The topological polar surface area (TPSA) is 57.6 Å². The Labute approximate surface area is 111 Å². The quantitative estimate of drug-likeness (QED) is 0.855. The van der Waals surface area contributed by atoms with Gasteiger partial charge in [0.1, 0.15) is 5.92 Å². The van der Waals surface area contributed by atoms with Crippen molar-refractivity contribution in [2.24, 2.45) is 11.8 Å². The molecule has 0 saturated carbocycles. The highest BCUT2D eigenvalue weighted by molar-refractivity contribution is 6.30. The maximum absolute atomic E-state index is 12.1. The highest BCUT2D eigenvalue weighted by atomic mass is 35.5. The maximum atomic E-state index is 12.1. The van der Waals surface area contributed by atoms with Gasteiger partial charge in [0.2, 0.25) is 5.91 Å². The van der Waals surface area contributed by atoms with Crippen LogP contribution in [0.3, 0.4) is 0 Å². The Balaban J connectivity index is 2.95. The molecule has 18 heavy (non-hydrogen) atoms. The van der Waals surface area contributed by atoms with Gasteiger partial charge in [0.15, 0.2) is 0 Å². The van der Waals surface area contributed by atoms with Crippen molar-refractivity contribution in [1.29, 1.82) is 0 Å². The Kier molecular flexibility index (Phi) is 4.73. The summed E-state index contributed by atoms with van der Waals surface area (Å²) in [5.74, 6) is -2.83. The third-order valence-corrected chi connectivity index (χ3v) is 3.00. The Bertz CT molecular complexity index is 442. The Hall–Kier alpha value is -1.55. The average molecular weight is 270 g/mol. The summed E-state index contributed by atoms with van der Waals surface area (Å²) in [5, 5.41) is 9.65. The molecule has 0 aliphatic heterocycles. The minimum Gasteiger partial charge on any atom is -0.481 e. The second kappa shape index (κ2) is 5.87. The predicted molar refractivity (Wildman–Crippen MR) is 70.8 cm³/mol. The van der Waals surface area contributed by atoms with E-state index in [-0.39, 0.29) is 5.92 Å². The van der Waals surface area contributed by atoms with Crippen molar-refractivity contribution < 1.29 is 14.7 Å². The minimum atomic E-state index is -1.10. The third kappa shape index (κ3) is 3.23. The van der Waals surface area contributed by atoms with Gasteiger partial charge in [-0.2, -0.15) is 0 Å². The minimum absolute atomic E-state index is 0.259.